The van der Waals surface area contributed by atoms with E-state index in [2.05, 4.69) is 17.5 Å². The molecule has 0 atom stereocenters. The Labute approximate surface area is 192 Å². The first-order valence-electron chi connectivity index (χ1n) is 10.8. The Morgan fingerprint density at radius 3 is 2.69 bits per heavy atom. The first-order chi connectivity index (χ1) is 15.5. The van der Waals surface area contributed by atoms with Crippen molar-refractivity contribution in [1.82, 2.24) is 10.2 Å². The minimum atomic E-state index is -0.539. The third-order valence-corrected chi connectivity index (χ3v) is 6.61. The third-order valence-electron chi connectivity index (χ3n) is 6.33. The third kappa shape index (κ3) is 5.13. The van der Waals surface area contributed by atoms with E-state index >= 15 is 0 Å². The molecule has 2 aromatic rings. The van der Waals surface area contributed by atoms with Gasteiger partial charge in [0.2, 0.25) is 0 Å². The van der Waals surface area contributed by atoms with E-state index in [1.54, 1.807) is 4.90 Å². The summed E-state index contributed by atoms with van der Waals surface area (Å²) in [7, 11) is 0. The van der Waals surface area contributed by atoms with Crippen LogP contribution in [0, 0.1) is 11.2 Å². The van der Waals surface area contributed by atoms with Crippen LogP contribution in [-0.2, 0) is 11.2 Å². The molecule has 2 aromatic carbocycles. The van der Waals surface area contributed by atoms with Gasteiger partial charge in [0.05, 0.1) is 5.02 Å². The van der Waals surface area contributed by atoms with E-state index < -0.39 is 5.82 Å². The minimum Gasteiger partial charge on any atom is -0.483 e. The zero-order chi connectivity index (χ0) is 22.6. The van der Waals surface area contributed by atoms with Gasteiger partial charge < -0.3 is 15.0 Å². The van der Waals surface area contributed by atoms with E-state index in [9.17, 15) is 14.0 Å². The maximum Gasteiger partial charge on any atom is 0.257 e. The van der Waals surface area contributed by atoms with Gasteiger partial charge in [0.1, 0.15) is 11.6 Å². The maximum absolute atomic E-state index is 13.4. The molecule has 2 heterocycles. The van der Waals surface area contributed by atoms with Crippen molar-refractivity contribution in [1.29, 1.82) is 0 Å². The molecule has 0 bridgehead atoms. The summed E-state index contributed by atoms with van der Waals surface area (Å²) in [5.74, 6) is -0.110. The zero-order valence-corrected chi connectivity index (χ0v) is 18.5. The number of hydrogen-bond acceptors (Lipinski definition) is 3. The van der Waals surface area contributed by atoms with E-state index in [1.165, 1.54) is 18.2 Å². The first-order valence-corrected chi connectivity index (χ1v) is 11.2. The number of nitrogens with one attached hydrogen (secondary N) is 1. The zero-order valence-electron chi connectivity index (χ0n) is 17.8. The van der Waals surface area contributed by atoms with Crippen molar-refractivity contribution in [3.8, 4) is 5.75 Å². The van der Waals surface area contributed by atoms with Gasteiger partial charge in [-0.2, -0.15) is 0 Å². The maximum atomic E-state index is 13.4. The molecule has 1 N–H and O–H groups in total. The number of benzene rings is 2. The van der Waals surface area contributed by atoms with Crippen molar-refractivity contribution in [3.63, 3.8) is 0 Å². The number of carbonyl (C=O) groups is 2. The Hall–Kier alpha value is -2.86. The molecule has 7 heteroatoms. The molecule has 0 aromatic heterocycles. The number of hydrogen-bond donors (Lipinski definition) is 1. The first kappa shape index (κ1) is 22.3. The summed E-state index contributed by atoms with van der Waals surface area (Å²) in [6.45, 7) is 1.64. The van der Waals surface area contributed by atoms with Gasteiger partial charge in [-0.05, 0) is 60.9 Å². The number of allylic oxidation sites excluding steroid dienone is 2. The van der Waals surface area contributed by atoms with Gasteiger partial charge in [-0.25, -0.2) is 4.39 Å². The number of para-hydroxylation sites is 1. The van der Waals surface area contributed by atoms with Gasteiger partial charge in [0.25, 0.3) is 11.8 Å². The van der Waals surface area contributed by atoms with E-state index in [1.807, 2.05) is 24.3 Å². The Balaban J connectivity index is 1.44. The van der Waals surface area contributed by atoms with E-state index in [0.29, 0.717) is 25.2 Å². The van der Waals surface area contributed by atoms with Gasteiger partial charge in [0, 0.05) is 25.2 Å². The molecular weight excluding hydrogens is 431 g/mol. The molecule has 0 unspecified atom stereocenters. The van der Waals surface area contributed by atoms with Crippen molar-refractivity contribution < 1.29 is 18.7 Å². The predicted octanol–water partition coefficient (Wildman–Crippen LogP) is 4.40. The fourth-order valence-corrected chi connectivity index (χ4v) is 4.47. The number of piperidine rings is 1. The highest BCUT2D eigenvalue weighted by molar-refractivity contribution is 6.31. The van der Waals surface area contributed by atoms with E-state index in [4.69, 9.17) is 16.3 Å². The van der Waals surface area contributed by atoms with Crippen molar-refractivity contribution >= 4 is 23.4 Å². The van der Waals surface area contributed by atoms with Crippen molar-refractivity contribution in [2.24, 2.45) is 5.41 Å². The standard InChI is InChI=1S/C25H26ClFN2O3/c26-20-15-19(8-9-21(20)27)24(31)29-13-11-25(12-14-29)10-4-3-6-18-5-1-2-7-22(18)32-16-23(30)28-17-25/h1-5,7-9,15H,6,10-14,16-17H2,(H,28,30)/b4-3+. The van der Waals surface area contributed by atoms with E-state index in [-0.39, 0.29) is 28.9 Å². The quantitative estimate of drug-likeness (QED) is 0.647. The van der Waals surface area contributed by atoms with Gasteiger partial charge in [-0.3, -0.25) is 9.59 Å². The van der Waals surface area contributed by atoms with Crippen LogP contribution in [0.15, 0.2) is 54.6 Å². The summed E-state index contributed by atoms with van der Waals surface area (Å²) in [5.41, 5.74) is 1.31. The van der Waals surface area contributed by atoms with Crippen LogP contribution in [0.2, 0.25) is 5.02 Å². The van der Waals surface area contributed by atoms with Crippen LogP contribution in [0.3, 0.4) is 0 Å². The lowest BCUT2D eigenvalue weighted by Crippen LogP contribution is -2.48. The number of carbonyl (C=O) groups excluding carboxylic acids is 2. The lowest BCUT2D eigenvalue weighted by atomic mass is 9.75. The highest BCUT2D eigenvalue weighted by Gasteiger charge is 2.35. The smallest absolute Gasteiger partial charge is 0.257 e. The number of likely N-dealkylation sites (tertiary alicyclic amines) is 1. The number of amides is 2. The van der Waals surface area contributed by atoms with E-state index in [0.717, 1.165) is 37.0 Å². The number of fused-ring (bicyclic) bond motifs is 1. The molecule has 5 nitrogen and oxygen atoms in total. The highest BCUT2D eigenvalue weighted by atomic mass is 35.5. The monoisotopic (exact) mass is 456 g/mol. The molecule has 168 valence electrons. The topological polar surface area (TPSA) is 58.6 Å². The number of rotatable bonds is 1. The Bertz CT molecular complexity index is 1030. The van der Waals surface area contributed by atoms with Crippen LogP contribution in [0.25, 0.3) is 0 Å². The summed E-state index contributed by atoms with van der Waals surface area (Å²) >= 11 is 5.84. The molecule has 2 aliphatic heterocycles. The van der Waals surface area contributed by atoms with Crippen LogP contribution < -0.4 is 10.1 Å². The van der Waals surface area contributed by atoms with Crippen LogP contribution in [0.1, 0.15) is 35.2 Å². The van der Waals surface area contributed by atoms with Crippen LogP contribution in [0.4, 0.5) is 4.39 Å². The fourth-order valence-electron chi connectivity index (χ4n) is 4.29. The predicted molar refractivity (Wildman–Crippen MR) is 121 cm³/mol. The SMILES string of the molecule is O=C1COc2ccccc2C/C=C/CC2(CCN(C(=O)c3ccc(F)c(Cl)c3)CC2)CN1. The van der Waals surface area contributed by atoms with Crippen molar-refractivity contribution in [2.75, 3.05) is 26.2 Å². The Morgan fingerprint density at radius 1 is 1.12 bits per heavy atom. The lowest BCUT2D eigenvalue weighted by Gasteiger charge is -2.41. The molecule has 0 radical (unpaired) electrons. The Kier molecular flexibility index (Phi) is 6.80. The second-order valence-corrected chi connectivity index (χ2v) is 8.88. The molecule has 32 heavy (non-hydrogen) atoms. The average molecular weight is 457 g/mol. The fraction of sp³-hybridized carbons (Fsp3) is 0.360. The second-order valence-electron chi connectivity index (χ2n) is 8.47. The second kappa shape index (κ2) is 9.74. The van der Waals surface area contributed by atoms with Crippen molar-refractivity contribution in [3.05, 3.63) is 76.6 Å². The molecular formula is C25H26ClFN2O3. The molecule has 2 amide bonds. The van der Waals surface area contributed by atoms with Crippen LogP contribution in [-0.4, -0.2) is 43.0 Å². The summed E-state index contributed by atoms with van der Waals surface area (Å²) < 4.78 is 19.2. The number of ether oxygens (including phenoxy) is 1. The molecule has 1 saturated heterocycles. The average Bonchev–Trinajstić information content (AvgIpc) is 2.81. The molecule has 0 aliphatic carbocycles. The normalized spacial score (nSPS) is 19.7. The number of nitrogens with zero attached hydrogens (tertiary/aromatic N) is 1. The summed E-state index contributed by atoms with van der Waals surface area (Å²) in [4.78, 5) is 27.0. The highest BCUT2D eigenvalue weighted by Crippen LogP contribution is 2.36. The minimum absolute atomic E-state index is 0.0211. The van der Waals surface area contributed by atoms with Gasteiger partial charge in [0.15, 0.2) is 6.61 Å². The number of halogens is 2. The summed E-state index contributed by atoms with van der Waals surface area (Å²) in [5, 5.41) is 2.97. The molecule has 1 spiro atoms. The van der Waals surface area contributed by atoms with Gasteiger partial charge >= 0.3 is 0 Å². The van der Waals surface area contributed by atoms with Crippen LogP contribution >= 0.6 is 11.6 Å². The summed E-state index contributed by atoms with van der Waals surface area (Å²) in [6.07, 6.45) is 7.39. The van der Waals surface area contributed by atoms with Crippen molar-refractivity contribution in [2.45, 2.75) is 25.7 Å². The molecule has 2 aliphatic rings. The lowest BCUT2D eigenvalue weighted by molar-refractivity contribution is -0.123. The molecule has 1 fully saturated rings. The largest absolute Gasteiger partial charge is 0.483 e. The van der Waals surface area contributed by atoms with Gasteiger partial charge in [-0.1, -0.05) is 42.0 Å². The molecule has 4 rings (SSSR count). The van der Waals surface area contributed by atoms with Gasteiger partial charge in [-0.15, -0.1) is 0 Å². The molecule has 0 saturated carbocycles. The van der Waals surface area contributed by atoms with Crippen LogP contribution in [0.5, 0.6) is 5.75 Å². The Morgan fingerprint density at radius 2 is 1.91 bits per heavy atom. The summed E-state index contributed by atoms with van der Waals surface area (Å²) in [6, 6.07) is 11.8.